The van der Waals surface area contributed by atoms with Gasteiger partial charge in [-0.05, 0) is 26.4 Å². The predicted octanol–water partition coefficient (Wildman–Crippen LogP) is 0.952. The van der Waals surface area contributed by atoms with Crippen molar-refractivity contribution in [3.63, 3.8) is 0 Å². The van der Waals surface area contributed by atoms with Gasteiger partial charge >= 0.3 is 0 Å². The molecule has 0 aliphatic carbocycles. The molecule has 1 fully saturated rings. The van der Waals surface area contributed by atoms with E-state index in [1.165, 1.54) is 6.42 Å². The van der Waals surface area contributed by atoms with E-state index in [9.17, 15) is 4.79 Å². The molecule has 1 saturated heterocycles. The summed E-state index contributed by atoms with van der Waals surface area (Å²) in [6, 6.07) is -0.0175. The van der Waals surface area contributed by atoms with E-state index < -0.39 is 0 Å². The Balaban J connectivity index is 1.89. The van der Waals surface area contributed by atoms with E-state index in [4.69, 9.17) is 4.74 Å². The van der Waals surface area contributed by atoms with Crippen LogP contribution in [0.15, 0.2) is 12.4 Å². The fourth-order valence-electron chi connectivity index (χ4n) is 2.37. The summed E-state index contributed by atoms with van der Waals surface area (Å²) in [5.41, 5.74) is 0.750. The molecule has 6 heteroatoms. The molecule has 0 spiro atoms. The second kappa shape index (κ2) is 6.68. The Bertz CT molecular complexity index is 419. The van der Waals surface area contributed by atoms with Gasteiger partial charge in [-0.15, -0.1) is 0 Å². The molecule has 0 radical (unpaired) electrons. The Morgan fingerprint density at radius 2 is 2.42 bits per heavy atom. The first-order chi connectivity index (χ1) is 9.20. The van der Waals surface area contributed by atoms with E-state index in [-0.39, 0.29) is 11.9 Å². The molecule has 1 aromatic heterocycles. The van der Waals surface area contributed by atoms with Crippen LogP contribution >= 0.6 is 0 Å². The first-order valence-electron chi connectivity index (χ1n) is 6.73. The largest absolute Gasteiger partial charge is 0.383 e. The normalized spacial score (nSPS) is 20.4. The van der Waals surface area contributed by atoms with Crippen LogP contribution in [-0.2, 0) is 16.1 Å². The number of likely N-dealkylation sites (tertiary alicyclic amines) is 1. The first-order valence-corrected chi connectivity index (χ1v) is 6.73. The van der Waals surface area contributed by atoms with Crippen LogP contribution < -0.4 is 5.32 Å². The highest BCUT2D eigenvalue weighted by atomic mass is 16.5. The number of carbonyl (C=O) groups is 1. The van der Waals surface area contributed by atoms with Crippen LogP contribution in [0.1, 0.15) is 19.3 Å². The van der Waals surface area contributed by atoms with Gasteiger partial charge in [0.2, 0.25) is 5.91 Å². The molecule has 0 saturated carbocycles. The smallest absolute Gasteiger partial charge is 0.241 e. The molecule has 106 valence electrons. The third-order valence-corrected chi connectivity index (χ3v) is 3.50. The van der Waals surface area contributed by atoms with Crippen LogP contribution in [0.25, 0.3) is 0 Å². The fraction of sp³-hybridized carbons (Fsp3) is 0.692. The lowest BCUT2D eigenvalue weighted by atomic mass is 10.0. The maximum atomic E-state index is 12.2. The lowest BCUT2D eigenvalue weighted by molar-refractivity contribution is -0.121. The predicted molar refractivity (Wildman–Crippen MR) is 73.0 cm³/mol. The Hall–Kier alpha value is -1.40. The molecule has 1 amide bonds. The average Bonchev–Trinajstić information content (AvgIpc) is 2.84. The number of piperidine rings is 1. The molecule has 2 heterocycles. The molecule has 0 aromatic carbocycles. The number of aromatic nitrogens is 2. The van der Waals surface area contributed by atoms with Crippen LogP contribution in [0.5, 0.6) is 0 Å². The number of ether oxygens (including phenoxy) is 1. The minimum atomic E-state index is -0.0175. The Morgan fingerprint density at radius 1 is 1.58 bits per heavy atom. The number of anilines is 1. The topological polar surface area (TPSA) is 59.4 Å². The summed E-state index contributed by atoms with van der Waals surface area (Å²) in [6.45, 7) is 2.29. The first kappa shape index (κ1) is 14.0. The summed E-state index contributed by atoms with van der Waals surface area (Å²) in [5, 5.41) is 7.11. The SMILES string of the molecule is COCCn1cc(NC(=O)[C@@H]2CCCCN2C)cn1. The molecule has 19 heavy (non-hydrogen) atoms. The quantitative estimate of drug-likeness (QED) is 0.862. The van der Waals surface area contributed by atoms with Crippen molar-refractivity contribution in [2.24, 2.45) is 0 Å². The molecule has 1 aliphatic heterocycles. The molecule has 1 aliphatic rings. The van der Waals surface area contributed by atoms with Gasteiger partial charge in [0, 0.05) is 13.3 Å². The third-order valence-electron chi connectivity index (χ3n) is 3.50. The van der Waals surface area contributed by atoms with Crippen molar-refractivity contribution >= 4 is 11.6 Å². The van der Waals surface area contributed by atoms with Crippen molar-refractivity contribution in [2.75, 3.05) is 32.6 Å². The van der Waals surface area contributed by atoms with Crippen molar-refractivity contribution in [2.45, 2.75) is 31.8 Å². The van der Waals surface area contributed by atoms with Crippen LogP contribution in [0.4, 0.5) is 5.69 Å². The highest BCUT2D eigenvalue weighted by Gasteiger charge is 2.25. The summed E-state index contributed by atoms with van der Waals surface area (Å²) >= 11 is 0. The molecule has 2 rings (SSSR count). The maximum Gasteiger partial charge on any atom is 0.241 e. The summed E-state index contributed by atoms with van der Waals surface area (Å²) in [7, 11) is 3.66. The van der Waals surface area contributed by atoms with Crippen LogP contribution in [0.3, 0.4) is 0 Å². The van der Waals surface area contributed by atoms with E-state index in [1.807, 2.05) is 13.2 Å². The van der Waals surface area contributed by atoms with Crippen molar-refractivity contribution in [3.05, 3.63) is 12.4 Å². The highest BCUT2D eigenvalue weighted by molar-refractivity contribution is 5.94. The number of hydrogen-bond acceptors (Lipinski definition) is 4. The number of nitrogens with one attached hydrogen (secondary N) is 1. The highest BCUT2D eigenvalue weighted by Crippen LogP contribution is 2.17. The molecule has 6 nitrogen and oxygen atoms in total. The van der Waals surface area contributed by atoms with Gasteiger partial charge in [0.1, 0.15) is 0 Å². The van der Waals surface area contributed by atoms with Gasteiger partial charge in [-0.3, -0.25) is 14.4 Å². The Labute approximate surface area is 113 Å². The molecular weight excluding hydrogens is 244 g/mol. The number of methoxy groups -OCH3 is 1. The second-order valence-corrected chi connectivity index (χ2v) is 4.97. The van der Waals surface area contributed by atoms with Crippen LogP contribution in [-0.4, -0.2) is 53.9 Å². The minimum absolute atomic E-state index is 0.0175. The molecule has 1 atom stereocenters. The van der Waals surface area contributed by atoms with Gasteiger partial charge in [0.05, 0.1) is 31.1 Å². The number of amides is 1. The zero-order valence-corrected chi connectivity index (χ0v) is 11.6. The van der Waals surface area contributed by atoms with E-state index in [0.717, 1.165) is 25.1 Å². The van der Waals surface area contributed by atoms with Crippen LogP contribution in [0, 0.1) is 0 Å². The van der Waals surface area contributed by atoms with Gasteiger partial charge in [0.25, 0.3) is 0 Å². The summed E-state index contributed by atoms with van der Waals surface area (Å²) < 4.78 is 6.76. The fourth-order valence-corrected chi connectivity index (χ4v) is 2.37. The summed E-state index contributed by atoms with van der Waals surface area (Å²) in [5.74, 6) is 0.0634. The average molecular weight is 266 g/mol. The maximum absolute atomic E-state index is 12.2. The van der Waals surface area contributed by atoms with E-state index in [1.54, 1.807) is 18.0 Å². The zero-order valence-electron chi connectivity index (χ0n) is 11.6. The Morgan fingerprint density at radius 3 is 3.16 bits per heavy atom. The molecular formula is C13H22N4O2. The number of likely N-dealkylation sites (N-methyl/N-ethyl adjacent to an activating group) is 1. The summed E-state index contributed by atoms with van der Waals surface area (Å²) in [6.07, 6.45) is 6.74. The van der Waals surface area contributed by atoms with Crippen molar-refractivity contribution in [1.29, 1.82) is 0 Å². The lowest BCUT2D eigenvalue weighted by Crippen LogP contribution is -2.44. The van der Waals surface area contributed by atoms with Gasteiger partial charge in [-0.1, -0.05) is 6.42 Å². The number of carbonyl (C=O) groups excluding carboxylic acids is 1. The standard InChI is InChI=1S/C13H22N4O2/c1-16-6-4-3-5-12(16)13(18)15-11-9-14-17(10-11)7-8-19-2/h9-10,12H,3-8H2,1-2H3,(H,15,18)/t12-/m0/s1. The Kier molecular flexibility index (Phi) is 4.93. The summed E-state index contributed by atoms with van der Waals surface area (Å²) in [4.78, 5) is 14.3. The number of hydrogen-bond donors (Lipinski definition) is 1. The van der Waals surface area contributed by atoms with Crippen molar-refractivity contribution in [1.82, 2.24) is 14.7 Å². The zero-order chi connectivity index (χ0) is 13.7. The lowest BCUT2D eigenvalue weighted by Gasteiger charge is -2.30. The number of rotatable bonds is 5. The molecule has 0 unspecified atom stereocenters. The van der Waals surface area contributed by atoms with E-state index in [0.29, 0.717) is 13.2 Å². The van der Waals surface area contributed by atoms with Gasteiger partial charge in [0.15, 0.2) is 0 Å². The van der Waals surface area contributed by atoms with Crippen molar-refractivity contribution in [3.8, 4) is 0 Å². The molecule has 1 N–H and O–H groups in total. The van der Waals surface area contributed by atoms with Crippen LogP contribution in [0.2, 0.25) is 0 Å². The van der Waals surface area contributed by atoms with Gasteiger partial charge in [-0.2, -0.15) is 5.10 Å². The van der Waals surface area contributed by atoms with Gasteiger partial charge in [-0.25, -0.2) is 0 Å². The number of nitrogens with zero attached hydrogens (tertiary/aromatic N) is 3. The van der Waals surface area contributed by atoms with E-state index in [2.05, 4.69) is 15.3 Å². The van der Waals surface area contributed by atoms with E-state index >= 15 is 0 Å². The van der Waals surface area contributed by atoms with Gasteiger partial charge < -0.3 is 10.1 Å². The second-order valence-electron chi connectivity index (χ2n) is 4.97. The third kappa shape index (κ3) is 3.78. The molecule has 1 aromatic rings. The minimum Gasteiger partial charge on any atom is -0.383 e. The molecule has 0 bridgehead atoms. The van der Waals surface area contributed by atoms with Crippen molar-refractivity contribution < 1.29 is 9.53 Å². The monoisotopic (exact) mass is 266 g/mol.